The zero-order chi connectivity index (χ0) is 17.5. The Kier molecular flexibility index (Phi) is 7.12. The second-order valence-electron chi connectivity index (χ2n) is 4.62. The van der Waals surface area contributed by atoms with Crippen molar-refractivity contribution in [1.29, 1.82) is 0 Å². The first-order valence-corrected chi connectivity index (χ1v) is 8.43. The Morgan fingerprint density at radius 3 is 2.29 bits per heavy atom. The van der Waals surface area contributed by atoms with Crippen molar-refractivity contribution in [2.24, 2.45) is 0 Å². The molecule has 0 unspecified atom stereocenters. The largest absolute Gasteiger partial charge is 0.489 e. The summed E-state index contributed by atoms with van der Waals surface area (Å²) in [4.78, 5) is 12.0. The molecule has 0 aliphatic rings. The van der Waals surface area contributed by atoms with Gasteiger partial charge in [-0.25, -0.2) is 0 Å². The van der Waals surface area contributed by atoms with Crippen LogP contribution in [-0.4, -0.2) is 24.2 Å². The van der Waals surface area contributed by atoms with Gasteiger partial charge in [-0.15, -0.1) is 0 Å². The van der Waals surface area contributed by atoms with Crippen LogP contribution in [0.1, 0.15) is 10.4 Å². The lowest BCUT2D eigenvalue weighted by atomic mass is 10.2. The van der Waals surface area contributed by atoms with Gasteiger partial charge in [-0.3, -0.25) is 10.1 Å². The van der Waals surface area contributed by atoms with Crippen LogP contribution in [0.25, 0.3) is 0 Å². The summed E-state index contributed by atoms with van der Waals surface area (Å²) in [5.74, 6) is 0.0954. The predicted molar refractivity (Wildman–Crippen MR) is 101 cm³/mol. The van der Waals surface area contributed by atoms with Gasteiger partial charge in [0.25, 0.3) is 5.91 Å². The molecule has 0 saturated carbocycles. The summed E-state index contributed by atoms with van der Waals surface area (Å²) in [7, 11) is 0. The van der Waals surface area contributed by atoms with E-state index in [0.29, 0.717) is 32.9 Å². The average Bonchev–Trinajstić information content (AvgIpc) is 2.54. The summed E-state index contributed by atoms with van der Waals surface area (Å²) in [6.45, 7) is 0.654. The first kappa shape index (κ1) is 18.8. The number of rotatable bonds is 5. The van der Waals surface area contributed by atoms with Crippen LogP contribution in [0.5, 0.6) is 5.75 Å². The Labute approximate surface area is 160 Å². The summed E-state index contributed by atoms with van der Waals surface area (Å²) in [6, 6.07) is 11.6. The number of para-hydroxylation sites is 1. The van der Waals surface area contributed by atoms with E-state index in [0.717, 1.165) is 0 Å². The van der Waals surface area contributed by atoms with Gasteiger partial charge in [0.1, 0.15) is 6.61 Å². The van der Waals surface area contributed by atoms with Crippen molar-refractivity contribution in [2.75, 3.05) is 13.2 Å². The lowest BCUT2D eigenvalue weighted by Gasteiger charge is -2.12. The molecule has 0 spiro atoms. The monoisotopic (exact) mass is 402 g/mol. The Morgan fingerprint density at radius 1 is 1.04 bits per heavy atom. The number of benzene rings is 2. The molecule has 0 aliphatic heterocycles. The van der Waals surface area contributed by atoms with Gasteiger partial charge >= 0.3 is 0 Å². The van der Waals surface area contributed by atoms with Crippen LogP contribution in [-0.2, 0) is 0 Å². The number of thiocarbonyl (C=S) groups is 1. The number of halogens is 3. The quantitative estimate of drug-likeness (QED) is 0.576. The molecule has 4 nitrogen and oxygen atoms in total. The standard InChI is InChI=1S/C16H13Cl3N2O2S/c17-11-6-4-10(5-7-11)15(22)21-16(24)20-8-9-23-14-12(18)2-1-3-13(14)19/h1-7H,8-9H2,(H2,20,21,22,24). The van der Waals surface area contributed by atoms with E-state index in [1.807, 2.05) is 0 Å². The van der Waals surface area contributed by atoms with E-state index < -0.39 is 0 Å². The first-order chi connectivity index (χ1) is 11.5. The van der Waals surface area contributed by atoms with Crippen molar-refractivity contribution in [3.05, 3.63) is 63.1 Å². The molecular formula is C16H13Cl3N2O2S. The average molecular weight is 404 g/mol. The van der Waals surface area contributed by atoms with Crippen LogP contribution in [0.2, 0.25) is 15.1 Å². The van der Waals surface area contributed by atoms with Gasteiger partial charge in [-0.2, -0.15) is 0 Å². The molecule has 0 aliphatic carbocycles. The minimum Gasteiger partial charge on any atom is -0.489 e. The maximum absolute atomic E-state index is 12.0. The molecule has 1 amide bonds. The van der Waals surface area contributed by atoms with Crippen LogP contribution >= 0.6 is 47.0 Å². The summed E-state index contributed by atoms with van der Waals surface area (Å²) >= 11 is 22.8. The van der Waals surface area contributed by atoms with E-state index in [-0.39, 0.29) is 17.6 Å². The zero-order valence-electron chi connectivity index (χ0n) is 12.3. The minimum atomic E-state index is -0.320. The van der Waals surface area contributed by atoms with Gasteiger partial charge in [0.15, 0.2) is 10.9 Å². The highest BCUT2D eigenvalue weighted by Crippen LogP contribution is 2.32. The van der Waals surface area contributed by atoms with Crippen molar-refractivity contribution in [3.8, 4) is 5.75 Å². The summed E-state index contributed by atoms with van der Waals surface area (Å²) in [6.07, 6.45) is 0. The van der Waals surface area contributed by atoms with Gasteiger partial charge in [0, 0.05) is 10.6 Å². The minimum absolute atomic E-state index is 0.198. The van der Waals surface area contributed by atoms with Gasteiger partial charge in [0.2, 0.25) is 0 Å². The fourth-order valence-electron chi connectivity index (χ4n) is 1.76. The highest BCUT2D eigenvalue weighted by molar-refractivity contribution is 7.80. The molecule has 0 saturated heterocycles. The van der Waals surface area contributed by atoms with E-state index in [1.54, 1.807) is 42.5 Å². The highest BCUT2D eigenvalue weighted by atomic mass is 35.5. The van der Waals surface area contributed by atoms with E-state index in [1.165, 1.54) is 0 Å². The van der Waals surface area contributed by atoms with Crippen molar-refractivity contribution in [3.63, 3.8) is 0 Å². The van der Waals surface area contributed by atoms with Gasteiger partial charge in [-0.1, -0.05) is 40.9 Å². The fraction of sp³-hybridized carbons (Fsp3) is 0.125. The number of hydrogen-bond donors (Lipinski definition) is 2. The van der Waals surface area contributed by atoms with Crippen molar-refractivity contribution < 1.29 is 9.53 Å². The number of ether oxygens (including phenoxy) is 1. The number of carbonyl (C=O) groups is 1. The Bertz CT molecular complexity index is 718. The molecule has 2 rings (SSSR count). The molecule has 0 heterocycles. The van der Waals surface area contributed by atoms with Crippen LogP contribution in [0.15, 0.2) is 42.5 Å². The van der Waals surface area contributed by atoms with Gasteiger partial charge in [0.05, 0.1) is 16.6 Å². The van der Waals surface area contributed by atoms with E-state index in [9.17, 15) is 4.79 Å². The lowest BCUT2D eigenvalue weighted by molar-refractivity contribution is 0.0976. The maximum atomic E-state index is 12.0. The Balaban J connectivity index is 1.75. The molecule has 0 atom stereocenters. The summed E-state index contributed by atoms with van der Waals surface area (Å²) < 4.78 is 5.51. The van der Waals surface area contributed by atoms with E-state index >= 15 is 0 Å². The van der Waals surface area contributed by atoms with Crippen molar-refractivity contribution in [2.45, 2.75) is 0 Å². The molecule has 0 fully saturated rings. The molecule has 8 heteroatoms. The number of amides is 1. The maximum Gasteiger partial charge on any atom is 0.257 e. The molecule has 0 bridgehead atoms. The molecule has 2 aromatic carbocycles. The number of nitrogens with one attached hydrogen (secondary N) is 2. The molecule has 24 heavy (non-hydrogen) atoms. The molecule has 2 N–H and O–H groups in total. The smallest absolute Gasteiger partial charge is 0.257 e. The first-order valence-electron chi connectivity index (χ1n) is 6.89. The van der Waals surface area contributed by atoms with Crippen LogP contribution in [0.4, 0.5) is 0 Å². The number of hydrogen-bond acceptors (Lipinski definition) is 3. The van der Waals surface area contributed by atoms with Gasteiger partial charge in [-0.05, 0) is 48.6 Å². The van der Waals surface area contributed by atoms with Gasteiger partial charge < -0.3 is 10.1 Å². The molecule has 126 valence electrons. The van der Waals surface area contributed by atoms with Crippen molar-refractivity contribution >= 4 is 58.0 Å². The number of carbonyl (C=O) groups excluding carboxylic acids is 1. The lowest BCUT2D eigenvalue weighted by Crippen LogP contribution is -2.40. The molecular weight excluding hydrogens is 391 g/mol. The molecule has 2 aromatic rings. The molecule has 0 aromatic heterocycles. The predicted octanol–water partition coefficient (Wildman–Crippen LogP) is 4.33. The molecule has 0 radical (unpaired) electrons. The third-order valence-corrected chi connectivity index (χ3v) is 3.98. The second kappa shape index (κ2) is 9.08. The topological polar surface area (TPSA) is 50.4 Å². The van der Waals surface area contributed by atoms with Crippen LogP contribution < -0.4 is 15.4 Å². The van der Waals surface area contributed by atoms with Crippen LogP contribution in [0.3, 0.4) is 0 Å². The van der Waals surface area contributed by atoms with E-state index in [4.69, 9.17) is 51.8 Å². The van der Waals surface area contributed by atoms with Crippen molar-refractivity contribution in [1.82, 2.24) is 10.6 Å². The van der Waals surface area contributed by atoms with E-state index in [2.05, 4.69) is 10.6 Å². The zero-order valence-corrected chi connectivity index (χ0v) is 15.4. The third-order valence-electron chi connectivity index (χ3n) is 2.89. The SMILES string of the molecule is O=C(NC(=S)NCCOc1c(Cl)cccc1Cl)c1ccc(Cl)cc1. The van der Waals surface area contributed by atoms with Crippen LogP contribution in [0, 0.1) is 0 Å². The summed E-state index contributed by atoms with van der Waals surface area (Å²) in [5.41, 5.74) is 0.461. The Hall–Kier alpha value is -1.53. The second-order valence-corrected chi connectivity index (χ2v) is 6.28. The fourth-order valence-corrected chi connectivity index (χ4v) is 2.59. The third kappa shape index (κ3) is 5.53. The summed E-state index contributed by atoms with van der Waals surface area (Å²) in [5, 5.41) is 7.05. The normalized spacial score (nSPS) is 10.1. The highest BCUT2D eigenvalue weighted by Gasteiger charge is 2.08. The Morgan fingerprint density at radius 2 is 1.67 bits per heavy atom.